The second kappa shape index (κ2) is 8.91. The molecule has 3 aromatic rings. The standard InChI is InChI=1S/C24H24N4O5S/c1-3-34(31,32)24(9-10-24)15-33-22-20-18(8-11-26-22)12-19(23(30)28(20)2)21(29)27-14-17-6-4-16(13-25)5-7-17/h4-8,11-12H,3,9-10,14-15H2,1-2H3,(H,27,29). The lowest BCUT2D eigenvalue weighted by Crippen LogP contribution is -2.33. The summed E-state index contributed by atoms with van der Waals surface area (Å²) >= 11 is 0. The molecule has 0 aliphatic heterocycles. The van der Waals surface area contributed by atoms with Gasteiger partial charge in [0, 0.05) is 30.9 Å². The first-order valence-corrected chi connectivity index (χ1v) is 12.5. The van der Waals surface area contributed by atoms with Gasteiger partial charge in [0.2, 0.25) is 5.88 Å². The number of rotatable bonds is 8. The van der Waals surface area contributed by atoms with Crippen molar-refractivity contribution in [3.63, 3.8) is 0 Å². The van der Waals surface area contributed by atoms with Gasteiger partial charge in [-0.25, -0.2) is 13.4 Å². The van der Waals surface area contributed by atoms with Crippen molar-refractivity contribution in [3.05, 3.63) is 69.6 Å². The number of carbonyl (C=O) groups excluding carboxylic acids is 1. The first-order valence-electron chi connectivity index (χ1n) is 10.8. The lowest BCUT2D eigenvalue weighted by molar-refractivity contribution is 0.0949. The smallest absolute Gasteiger partial charge is 0.263 e. The van der Waals surface area contributed by atoms with Crippen molar-refractivity contribution in [2.75, 3.05) is 12.4 Å². The summed E-state index contributed by atoms with van der Waals surface area (Å²) in [6.45, 7) is 1.78. The number of carbonyl (C=O) groups is 1. The third-order valence-electron chi connectivity index (χ3n) is 6.19. The van der Waals surface area contributed by atoms with E-state index in [4.69, 9.17) is 10.00 Å². The number of hydrogen-bond donors (Lipinski definition) is 1. The van der Waals surface area contributed by atoms with Crippen LogP contribution in [0.5, 0.6) is 5.88 Å². The van der Waals surface area contributed by atoms with Crippen LogP contribution < -0.4 is 15.6 Å². The second-order valence-electron chi connectivity index (χ2n) is 8.34. The number of nitrogens with one attached hydrogen (secondary N) is 1. The Kier molecular flexibility index (Phi) is 6.15. The molecule has 9 nitrogen and oxygen atoms in total. The van der Waals surface area contributed by atoms with Gasteiger partial charge in [0.15, 0.2) is 9.84 Å². The third kappa shape index (κ3) is 4.26. The highest BCUT2D eigenvalue weighted by molar-refractivity contribution is 7.93. The van der Waals surface area contributed by atoms with Crippen LogP contribution in [0.25, 0.3) is 10.9 Å². The van der Waals surface area contributed by atoms with E-state index >= 15 is 0 Å². The molecule has 34 heavy (non-hydrogen) atoms. The highest BCUT2D eigenvalue weighted by Crippen LogP contribution is 2.44. The van der Waals surface area contributed by atoms with Crippen LogP contribution in [-0.2, 0) is 23.4 Å². The molecule has 1 saturated carbocycles. The van der Waals surface area contributed by atoms with E-state index in [1.165, 1.54) is 23.9 Å². The van der Waals surface area contributed by atoms with Crippen molar-refractivity contribution in [1.29, 1.82) is 5.26 Å². The number of hydrogen-bond acceptors (Lipinski definition) is 7. The summed E-state index contributed by atoms with van der Waals surface area (Å²) in [5.41, 5.74) is 1.14. The van der Waals surface area contributed by atoms with E-state index in [1.54, 1.807) is 37.3 Å². The maximum Gasteiger partial charge on any atom is 0.263 e. The SMILES string of the molecule is CCS(=O)(=O)C1(COc2nccc3cc(C(=O)NCc4ccc(C#N)cc4)c(=O)n(C)c23)CC1. The summed E-state index contributed by atoms with van der Waals surface area (Å²) in [4.78, 5) is 30.0. The van der Waals surface area contributed by atoms with Crippen molar-refractivity contribution in [2.24, 2.45) is 7.05 Å². The Morgan fingerprint density at radius 2 is 1.97 bits per heavy atom. The van der Waals surface area contributed by atoms with Crippen LogP contribution in [-0.4, -0.2) is 41.0 Å². The predicted molar refractivity (Wildman–Crippen MR) is 126 cm³/mol. The fourth-order valence-electron chi connectivity index (χ4n) is 3.84. The molecule has 0 atom stereocenters. The number of fused-ring (bicyclic) bond motifs is 1. The van der Waals surface area contributed by atoms with Gasteiger partial charge in [-0.05, 0) is 42.7 Å². The van der Waals surface area contributed by atoms with Gasteiger partial charge in [-0.1, -0.05) is 19.1 Å². The van der Waals surface area contributed by atoms with E-state index in [0.29, 0.717) is 29.3 Å². The van der Waals surface area contributed by atoms with Crippen molar-refractivity contribution >= 4 is 26.6 Å². The van der Waals surface area contributed by atoms with Gasteiger partial charge in [-0.15, -0.1) is 0 Å². The van der Waals surface area contributed by atoms with Crippen molar-refractivity contribution in [2.45, 2.75) is 31.1 Å². The van der Waals surface area contributed by atoms with Crippen LogP contribution >= 0.6 is 0 Å². The summed E-state index contributed by atoms with van der Waals surface area (Å²) in [5.74, 6) is -0.338. The molecule has 0 unspecified atom stereocenters. The molecule has 1 N–H and O–H groups in total. The number of nitrogens with zero attached hydrogens (tertiary/aromatic N) is 3. The zero-order valence-corrected chi connectivity index (χ0v) is 19.7. The number of benzene rings is 1. The maximum absolute atomic E-state index is 13.0. The first-order chi connectivity index (χ1) is 16.2. The predicted octanol–water partition coefficient (Wildman–Crippen LogP) is 2.08. The Morgan fingerprint density at radius 1 is 1.26 bits per heavy atom. The minimum Gasteiger partial charge on any atom is -0.474 e. The molecule has 2 heterocycles. The Bertz CT molecular complexity index is 1470. The summed E-state index contributed by atoms with van der Waals surface area (Å²) in [5, 5.41) is 12.2. The minimum atomic E-state index is -3.27. The normalized spacial score (nSPS) is 14.4. The molecule has 1 fully saturated rings. The van der Waals surface area contributed by atoms with E-state index in [1.807, 2.05) is 6.07 Å². The van der Waals surface area contributed by atoms with Gasteiger partial charge in [-0.3, -0.25) is 9.59 Å². The number of sulfone groups is 1. The number of aryl methyl sites for hydroxylation is 1. The average Bonchev–Trinajstić information content (AvgIpc) is 3.65. The molecule has 0 saturated heterocycles. The number of amides is 1. The fourth-order valence-corrected chi connectivity index (χ4v) is 5.41. The van der Waals surface area contributed by atoms with Crippen molar-refractivity contribution in [1.82, 2.24) is 14.9 Å². The lowest BCUT2D eigenvalue weighted by Gasteiger charge is -2.17. The van der Waals surface area contributed by atoms with Crippen molar-refractivity contribution < 1.29 is 17.9 Å². The van der Waals surface area contributed by atoms with Crippen LogP contribution in [0.1, 0.15) is 41.3 Å². The Balaban J connectivity index is 1.58. The molecule has 0 spiro atoms. The molecule has 4 rings (SSSR count). The van der Waals surface area contributed by atoms with Crippen LogP contribution in [0, 0.1) is 11.3 Å². The summed E-state index contributed by atoms with van der Waals surface area (Å²) < 4.78 is 31.0. The summed E-state index contributed by atoms with van der Waals surface area (Å²) in [6, 6.07) is 12.0. The Hall–Kier alpha value is -3.71. The second-order valence-corrected chi connectivity index (χ2v) is 11.0. The van der Waals surface area contributed by atoms with Crippen molar-refractivity contribution in [3.8, 4) is 11.9 Å². The Labute approximate surface area is 196 Å². The van der Waals surface area contributed by atoms with Gasteiger partial charge < -0.3 is 14.6 Å². The number of pyridine rings is 2. The molecule has 1 amide bonds. The largest absolute Gasteiger partial charge is 0.474 e. The molecule has 1 aromatic carbocycles. The molecule has 0 bridgehead atoms. The van der Waals surface area contributed by atoms with Crippen LogP contribution in [0.15, 0.2) is 47.4 Å². The number of ether oxygens (including phenoxy) is 1. The molecule has 176 valence electrons. The number of nitriles is 1. The van der Waals surface area contributed by atoms with E-state index in [-0.39, 0.29) is 30.3 Å². The van der Waals surface area contributed by atoms with Crippen LogP contribution in [0.2, 0.25) is 0 Å². The van der Waals surface area contributed by atoms with Gasteiger partial charge in [-0.2, -0.15) is 5.26 Å². The summed E-state index contributed by atoms with van der Waals surface area (Å²) in [7, 11) is -1.75. The molecule has 10 heteroatoms. The van der Waals surface area contributed by atoms with Crippen LogP contribution in [0.3, 0.4) is 0 Å². The fraction of sp³-hybridized carbons (Fsp3) is 0.333. The molecular weight excluding hydrogens is 456 g/mol. The molecular formula is C24H24N4O5S. The van der Waals surface area contributed by atoms with E-state index in [2.05, 4.69) is 10.3 Å². The van der Waals surface area contributed by atoms with Crippen LogP contribution in [0.4, 0.5) is 0 Å². The maximum atomic E-state index is 13.0. The monoisotopic (exact) mass is 480 g/mol. The molecule has 0 radical (unpaired) electrons. The number of aromatic nitrogens is 2. The molecule has 1 aliphatic carbocycles. The van der Waals surface area contributed by atoms with E-state index in [0.717, 1.165) is 5.56 Å². The minimum absolute atomic E-state index is 0.0314. The van der Waals surface area contributed by atoms with Gasteiger partial charge in [0.05, 0.1) is 11.6 Å². The van der Waals surface area contributed by atoms with E-state index < -0.39 is 26.1 Å². The highest BCUT2D eigenvalue weighted by atomic mass is 32.2. The third-order valence-corrected chi connectivity index (χ3v) is 8.80. The average molecular weight is 481 g/mol. The van der Waals surface area contributed by atoms with Gasteiger partial charge in [0.1, 0.15) is 22.4 Å². The highest BCUT2D eigenvalue weighted by Gasteiger charge is 2.54. The quantitative estimate of drug-likeness (QED) is 0.522. The first kappa shape index (κ1) is 23.4. The molecule has 1 aliphatic rings. The topological polar surface area (TPSA) is 131 Å². The van der Waals surface area contributed by atoms with Gasteiger partial charge in [0.25, 0.3) is 11.5 Å². The zero-order valence-electron chi connectivity index (χ0n) is 18.9. The Morgan fingerprint density at radius 3 is 2.59 bits per heavy atom. The van der Waals surface area contributed by atoms with E-state index in [9.17, 15) is 18.0 Å². The summed E-state index contributed by atoms with van der Waals surface area (Å²) in [6.07, 6.45) is 2.57. The van der Waals surface area contributed by atoms with Gasteiger partial charge >= 0.3 is 0 Å². The zero-order chi connectivity index (χ0) is 24.5. The molecule has 2 aromatic heterocycles. The lowest BCUT2D eigenvalue weighted by atomic mass is 10.1.